The molecule has 0 saturated heterocycles. The first-order valence-corrected chi connectivity index (χ1v) is 5.41. The average molecular weight is 224 g/mol. The summed E-state index contributed by atoms with van der Waals surface area (Å²) in [5.74, 6) is 1.04. The van der Waals surface area contributed by atoms with E-state index < -0.39 is 0 Å². The highest BCUT2D eigenvalue weighted by molar-refractivity contribution is 6.31. The number of benzene rings is 1. The van der Waals surface area contributed by atoms with E-state index in [0.717, 1.165) is 35.0 Å². The first kappa shape index (κ1) is 10.5. The molecule has 0 atom stereocenters. The third kappa shape index (κ3) is 1.98. The van der Waals surface area contributed by atoms with E-state index >= 15 is 0 Å². The molecule has 0 amide bonds. The van der Waals surface area contributed by atoms with Crippen molar-refractivity contribution in [3.63, 3.8) is 0 Å². The van der Waals surface area contributed by atoms with Crippen LogP contribution in [0.3, 0.4) is 0 Å². The molecule has 0 aliphatic carbocycles. The van der Waals surface area contributed by atoms with Crippen LogP contribution in [0.2, 0.25) is 5.02 Å². The standard InChI is InChI=1S/C11H14ClN3/c1-3-13-7-11-14-9-5-4-8(12)6-10(9)15(11)2/h4-6,13H,3,7H2,1-2H3. The number of nitrogens with one attached hydrogen (secondary N) is 1. The Kier molecular flexibility index (Phi) is 2.93. The second-order valence-corrected chi connectivity index (χ2v) is 3.94. The average Bonchev–Trinajstić information content (AvgIpc) is 2.53. The molecule has 80 valence electrons. The Morgan fingerprint density at radius 3 is 3.00 bits per heavy atom. The monoisotopic (exact) mass is 223 g/mol. The molecule has 2 aromatic rings. The third-order valence-electron chi connectivity index (χ3n) is 2.47. The zero-order chi connectivity index (χ0) is 10.8. The number of hydrogen-bond donors (Lipinski definition) is 1. The Morgan fingerprint density at radius 1 is 1.47 bits per heavy atom. The lowest BCUT2D eigenvalue weighted by Gasteiger charge is -2.02. The predicted octanol–water partition coefficient (Wildman–Crippen LogP) is 2.34. The van der Waals surface area contributed by atoms with Crippen LogP contribution < -0.4 is 5.32 Å². The van der Waals surface area contributed by atoms with Crippen molar-refractivity contribution in [2.75, 3.05) is 6.54 Å². The number of aryl methyl sites for hydroxylation is 1. The molecule has 3 nitrogen and oxygen atoms in total. The van der Waals surface area contributed by atoms with E-state index in [2.05, 4.69) is 21.8 Å². The van der Waals surface area contributed by atoms with Crippen LogP contribution >= 0.6 is 11.6 Å². The number of fused-ring (bicyclic) bond motifs is 1. The van der Waals surface area contributed by atoms with Gasteiger partial charge >= 0.3 is 0 Å². The lowest BCUT2D eigenvalue weighted by molar-refractivity contribution is 0.667. The van der Waals surface area contributed by atoms with Crippen molar-refractivity contribution in [3.8, 4) is 0 Å². The predicted molar refractivity (Wildman–Crippen MR) is 63.1 cm³/mol. The van der Waals surface area contributed by atoms with Crippen molar-refractivity contribution < 1.29 is 0 Å². The van der Waals surface area contributed by atoms with Gasteiger partial charge in [-0.3, -0.25) is 0 Å². The molecule has 0 bridgehead atoms. The van der Waals surface area contributed by atoms with Crippen molar-refractivity contribution >= 4 is 22.6 Å². The molecule has 2 rings (SSSR count). The van der Waals surface area contributed by atoms with Gasteiger partial charge in [-0.15, -0.1) is 0 Å². The van der Waals surface area contributed by atoms with Gasteiger partial charge in [-0.2, -0.15) is 0 Å². The van der Waals surface area contributed by atoms with E-state index in [9.17, 15) is 0 Å². The number of aromatic nitrogens is 2. The molecule has 1 aromatic carbocycles. The van der Waals surface area contributed by atoms with Gasteiger partial charge in [-0.1, -0.05) is 18.5 Å². The molecule has 4 heteroatoms. The van der Waals surface area contributed by atoms with Crippen molar-refractivity contribution in [2.24, 2.45) is 7.05 Å². The molecule has 0 fully saturated rings. The maximum Gasteiger partial charge on any atom is 0.123 e. The first-order chi connectivity index (χ1) is 7.22. The largest absolute Gasteiger partial charge is 0.330 e. The zero-order valence-electron chi connectivity index (χ0n) is 8.92. The highest BCUT2D eigenvalue weighted by Gasteiger charge is 2.06. The number of halogens is 1. The summed E-state index contributed by atoms with van der Waals surface area (Å²) in [6, 6.07) is 5.76. The van der Waals surface area contributed by atoms with E-state index in [-0.39, 0.29) is 0 Å². The molecule has 0 spiro atoms. The van der Waals surface area contributed by atoms with Crippen LogP contribution in [0.4, 0.5) is 0 Å². The van der Waals surface area contributed by atoms with Crippen LogP contribution in [0.15, 0.2) is 18.2 Å². The molecule has 1 aromatic heterocycles. The van der Waals surface area contributed by atoms with E-state index in [1.165, 1.54) is 0 Å². The summed E-state index contributed by atoms with van der Waals surface area (Å²) in [4.78, 5) is 4.53. The Balaban J connectivity index is 2.45. The molecule has 0 aliphatic heterocycles. The highest BCUT2D eigenvalue weighted by Crippen LogP contribution is 2.19. The summed E-state index contributed by atoms with van der Waals surface area (Å²) in [6.07, 6.45) is 0. The minimum Gasteiger partial charge on any atom is -0.330 e. The van der Waals surface area contributed by atoms with Crippen LogP contribution in [0.5, 0.6) is 0 Å². The van der Waals surface area contributed by atoms with Gasteiger partial charge in [0, 0.05) is 12.1 Å². The number of imidazole rings is 1. The minimum absolute atomic E-state index is 0.750. The van der Waals surface area contributed by atoms with E-state index in [1.807, 2.05) is 25.2 Å². The van der Waals surface area contributed by atoms with E-state index in [4.69, 9.17) is 11.6 Å². The number of nitrogens with zero attached hydrogens (tertiary/aromatic N) is 2. The minimum atomic E-state index is 0.750. The van der Waals surface area contributed by atoms with Crippen LogP contribution in [0.1, 0.15) is 12.7 Å². The molecule has 0 unspecified atom stereocenters. The van der Waals surface area contributed by atoms with Crippen LogP contribution in [-0.2, 0) is 13.6 Å². The lowest BCUT2D eigenvalue weighted by atomic mass is 10.3. The van der Waals surface area contributed by atoms with Gasteiger partial charge in [0.05, 0.1) is 17.6 Å². The fourth-order valence-electron chi connectivity index (χ4n) is 1.61. The van der Waals surface area contributed by atoms with Crippen LogP contribution in [0.25, 0.3) is 11.0 Å². The summed E-state index contributed by atoms with van der Waals surface area (Å²) >= 11 is 5.95. The third-order valence-corrected chi connectivity index (χ3v) is 2.70. The Morgan fingerprint density at radius 2 is 2.27 bits per heavy atom. The van der Waals surface area contributed by atoms with Crippen molar-refractivity contribution in [2.45, 2.75) is 13.5 Å². The van der Waals surface area contributed by atoms with Crippen LogP contribution in [0, 0.1) is 0 Å². The zero-order valence-corrected chi connectivity index (χ0v) is 9.67. The Hall–Kier alpha value is -1.06. The van der Waals surface area contributed by atoms with Crippen molar-refractivity contribution in [1.82, 2.24) is 14.9 Å². The van der Waals surface area contributed by atoms with Crippen molar-refractivity contribution in [3.05, 3.63) is 29.0 Å². The summed E-state index contributed by atoms with van der Waals surface area (Å²) in [5, 5.41) is 4.02. The molecular weight excluding hydrogens is 210 g/mol. The summed E-state index contributed by atoms with van der Waals surface area (Å²) in [7, 11) is 2.01. The quantitative estimate of drug-likeness (QED) is 0.866. The topological polar surface area (TPSA) is 29.9 Å². The van der Waals surface area contributed by atoms with Gasteiger partial charge < -0.3 is 9.88 Å². The van der Waals surface area contributed by atoms with E-state index in [0.29, 0.717) is 0 Å². The summed E-state index contributed by atoms with van der Waals surface area (Å²) in [5.41, 5.74) is 2.07. The van der Waals surface area contributed by atoms with Gasteiger partial charge in [-0.25, -0.2) is 4.98 Å². The number of rotatable bonds is 3. The van der Waals surface area contributed by atoms with Gasteiger partial charge in [0.25, 0.3) is 0 Å². The fraction of sp³-hybridized carbons (Fsp3) is 0.364. The Bertz CT molecular complexity index is 476. The normalized spacial score (nSPS) is 11.1. The van der Waals surface area contributed by atoms with Crippen molar-refractivity contribution in [1.29, 1.82) is 0 Å². The highest BCUT2D eigenvalue weighted by atomic mass is 35.5. The molecule has 0 radical (unpaired) electrons. The Labute approximate surface area is 94.1 Å². The van der Waals surface area contributed by atoms with Crippen LogP contribution in [-0.4, -0.2) is 16.1 Å². The van der Waals surface area contributed by atoms with E-state index in [1.54, 1.807) is 0 Å². The first-order valence-electron chi connectivity index (χ1n) is 5.04. The second kappa shape index (κ2) is 4.21. The fourth-order valence-corrected chi connectivity index (χ4v) is 1.77. The molecular formula is C11H14ClN3. The summed E-state index contributed by atoms with van der Waals surface area (Å²) in [6.45, 7) is 3.82. The smallest absolute Gasteiger partial charge is 0.123 e. The maximum atomic E-state index is 5.95. The second-order valence-electron chi connectivity index (χ2n) is 3.50. The van der Waals surface area contributed by atoms with Gasteiger partial charge in [0.1, 0.15) is 5.82 Å². The molecule has 15 heavy (non-hydrogen) atoms. The lowest BCUT2D eigenvalue weighted by Crippen LogP contribution is -2.15. The molecule has 1 heterocycles. The molecule has 0 saturated carbocycles. The van der Waals surface area contributed by atoms with Gasteiger partial charge in [0.15, 0.2) is 0 Å². The molecule has 1 N–H and O–H groups in total. The maximum absolute atomic E-state index is 5.95. The number of hydrogen-bond acceptors (Lipinski definition) is 2. The SMILES string of the molecule is CCNCc1nc2ccc(Cl)cc2n1C. The summed E-state index contributed by atoms with van der Waals surface area (Å²) < 4.78 is 2.07. The molecule has 0 aliphatic rings. The van der Waals surface area contributed by atoms with Gasteiger partial charge in [0.2, 0.25) is 0 Å². The van der Waals surface area contributed by atoms with Gasteiger partial charge in [-0.05, 0) is 24.7 Å².